The van der Waals surface area contributed by atoms with E-state index in [0.717, 1.165) is 5.56 Å². The maximum Gasteiger partial charge on any atom is 0.274 e. The molecule has 0 aliphatic rings. The number of hydrogen-bond acceptors (Lipinski definition) is 3. The summed E-state index contributed by atoms with van der Waals surface area (Å²) in [7, 11) is 0. The Hall–Kier alpha value is -2.69. The normalized spacial score (nSPS) is 11.2. The molecule has 0 aliphatic heterocycles. The summed E-state index contributed by atoms with van der Waals surface area (Å²) >= 11 is 0. The average Bonchev–Trinajstić information content (AvgIpc) is 2.49. The zero-order valence-electron chi connectivity index (χ0n) is 11.5. The van der Waals surface area contributed by atoms with Crippen LogP contribution in [0.3, 0.4) is 0 Å². The molecule has 0 radical (unpaired) electrons. The molecule has 0 fully saturated rings. The van der Waals surface area contributed by atoms with E-state index < -0.39 is 11.7 Å². The Morgan fingerprint density at radius 1 is 1.19 bits per heavy atom. The molecule has 2 aromatic rings. The van der Waals surface area contributed by atoms with Gasteiger partial charge in [0.05, 0.1) is 11.3 Å². The molecule has 0 spiro atoms. The van der Waals surface area contributed by atoms with Crippen molar-refractivity contribution in [3.8, 4) is 5.75 Å². The van der Waals surface area contributed by atoms with E-state index in [1.807, 2.05) is 6.92 Å². The molecule has 2 aromatic carbocycles. The van der Waals surface area contributed by atoms with Crippen molar-refractivity contribution >= 4 is 11.6 Å². The van der Waals surface area contributed by atoms with Gasteiger partial charge in [0.1, 0.15) is 11.6 Å². The lowest BCUT2D eigenvalue weighted by atomic mass is 10.1. The molecule has 0 unspecified atom stereocenters. The lowest BCUT2D eigenvalue weighted by Gasteiger charge is -2.06. The maximum absolute atomic E-state index is 13.5. The molecular formula is C16H15FN2O2. The predicted molar refractivity (Wildman–Crippen MR) is 78.8 cm³/mol. The molecule has 0 atom stereocenters. The number of phenolic OH excluding ortho intramolecular Hbond substituents is 1. The van der Waals surface area contributed by atoms with E-state index >= 15 is 0 Å². The summed E-state index contributed by atoms with van der Waals surface area (Å²) in [5.74, 6) is -1.03. The molecule has 0 aliphatic carbocycles. The molecule has 4 nitrogen and oxygen atoms in total. The van der Waals surface area contributed by atoms with Crippen LogP contribution in [0.25, 0.3) is 0 Å². The van der Waals surface area contributed by atoms with E-state index in [2.05, 4.69) is 10.5 Å². The summed E-state index contributed by atoms with van der Waals surface area (Å²) in [6.07, 6.45) is 0.586. The van der Waals surface area contributed by atoms with Crippen LogP contribution in [-0.2, 0) is 0 Å². The molecule has 0 saturated heterocycles. The lowest BCUT2D eigenvalue weighted by molar-refractivity contribution is 0.0951. The lowest BCUT2D eigenvalue weighted by Crippen LogP contribution is -2.21. The average molecular weight is 286 g/mol. The van der Waals surface area contributed by atoms with Crippen molar-refractivity contribution in [2.24, 2.45) is 5.10 Å². The maximum atomic E-state index is 13.5. The number of amides is 1. The zero-order chi connectivity index (χ0) is 15.2. The molecule has 108 valence electrons. The van der Waals surface area contributed by atoms with Crippen molar-refractivity contribution < 1.29 is 14.3 Å². The van der Waals surface area contributed by atoms with E-state index in [-0.39, 0.29) is 11.3 Å². The van der Waals surface area contributed by atoms with Gasteiger partial charge in [-0.05, 0) is 48.4 Å². The van der Waals surface area contributed by atoms with Gasteiger partial charge in [-0.15, -0.1) is 0 Å². The van der Waals surface area contributed by atoms with Crippen molar-refractivity contribution in [3.63, 3.8) is 0 Å². The van der Waals surface area contributed by atoms with Gasteiger partial charge in [0.15, 0.2) is 0 Å². The highest BCUT2D eigenvalue weighted by atomic mass is 19.1. The first kappa shape index (κ1) is 14.7. The molecule has 5 heteroatoms. The molecule has 0 aromatic heterocycles. The highest BCUT2D eigenvalue weighted by Gasteiger charge is 2.10. The summed E-state index contributed by atoms with van der Waals surface area (Å²) < 4.78 is 13.5. The van der Waals surface area contributed by atoms with Crippen LogP contribution in [0.4, 0.5) is 4.39 Å². The Morgan fingerprint density at radius 3 is 2.48 bits per heavy atom. The van der Waals surface area contributed by atoms with Crippen molar-refractivity contribution in [2.45, 2.75) is 13.3 Å². The zero-order valence-corrected chi connectivity index (χ0v) is 11.5. The number of nitrogens with zero attached hydrogens (tertiary/aromatic N) is 1. The van der Waals surface area contributed by atoms with Gasteiger partial charge in [0.25, 0.3) is 5.91 Å². The Kier molecular flexibility index (Phi) is 4.66. The minimum atomic E-state index is -0.599. The number of hydrazone groups is 1. The van der Waals surface area contributed by atoms with Crippen molar-refractivity contribution in [2.75, 3.05) is 0 Å². The van der Waals surface area contributed by atoms with Gasteiger partial charge >= 0.3 is 0 Å². The summed E-state index contributed by atoms with van der Waals surface area (Å²) in [5, 5.41) is 13.3. The van der Waals surface area contributed by atoms with Gasteiger partial charge < -0.3 is 5.11 Å². The third-order valence-electron chi connectivity index (χ3n) is 2.95. The van der Waals surface area contributed by atoms with Crippen LogP contribution in [-0.4, -0.2) is 16.7 Å². The van der Waals surface area contributed by atoms with Crippen LogP contribution in [0.2, 0.25) is 0 Å². The van der Waals surface area contributed by atoms with Crippen molar-refractivity contribution in [3.05, 3.63) is 65.5 Å². The van der Waals surface area contributed by atoms with E-state index in [1.165, 1.54) is 18.2 Å². The van der Waals surface area contributed by atoms with E-state index in [1.54, 1.807) is 30.3 Å². The van der Waals surface area contributed by atoms with Crippen LogP contribution in [0.15, 0.2) is 53.6 Å². The van der Waals surface area contributed by atoms with E-state index in [4.69, 9.17) is 0 Å². The van der Waals surface area contributed by atoms with Crippen LogP contribution < -0.4 is 5.43 Å². The molecule has 0 bridgehead atoms. The molecular weight excluding hydrogens is 271 g/mol. The van der Waals surface area contributed by atoms with Crippen molar-refractivity contribution in [1.82, 2.24) is 5.43 Å². The molecule has 0 heterocycles. The Labute approximate surface area is 121 Å². The van der Waals surface area contributed by atoms with Crippen LogP contribution in [0, 0.1) is 5.82 Å². The molecule has 0 saturated carbocycles. The Balaban J connectivity index is 2.16. The van der Waals surface area contributed by atoms with Crippen LogP contribution in [0.1, 0.15) is 29.3 Å². The highest BCUT2D eigenvalue weighted by Crippen LogP contribution is 2.12. The fraction of sp³-hybridized carbons (Fsp3) is 0.125. The number of phenols is 1. The number of carbonyl (C=O) groups is 1. The topological polar surface area (TPSA) is 61.7 Å². The largest absolute Gasteiger partial charge is 0.508 e. The second-order valence-electron chi connectivity index (χ2n) is 4.38. The first-order chi connectivity index (χ1) is 10.1. The van der Waals surface area contributed by atoms with Gasteiger partial charge in [0.2, 0.25) is 0 Å². The van der Waals surface area contributed by atoms with E-state index in [0.29, 0.717) is 12.1 Å². The number of benzene rings is 2. The van der Waals surface area contributed by atoms with Gasteiger partial charge in [-0.2, -0.15) is 5.10 Å². The first-order valence-corrected chi connectivity index (χ1v) is 6.52. The number of nitrogens with one attached hydrogen (secondary N) is 1. The van der Waals surface area contributed by atoms with Gasteiger partial charge in [0, 0.05) is 0 Å². The second kappa shape index (κ2) is 6.65. The summed E-state index contributed by atoms with van der Waals surface area (Å²) in [4.78, 5) is 11.9. The fourth-order valence-corrected chi connectivity index (χ4v) is 1.83. The van der Waals surface area contributed by atoms with Crippen LogP contribution in [0.5, 0.6) is 5.75 Å². The minimum Gasteiger partial charge on any atom is -0.508 e. The number of halogens is 1. The molecule has 2 rings (SSSR count). The standard InChI is InChI=1S/C16H15FN2O2/c1-2-15(11-7-9-12(20)10-8-11)18-19-16(21)13-5-3-4-6-14(13)17/h3-10,20H,2H2,1H3,(H,19,21)/b18-15+. The predicted octanol–water partition coefficient (Wildman–Crippen LogP) is 3.08. The van der Waals surface area contributed by atoms with Crippen LogP contribution >= 0.6 is 0 Å². The second-order valence-corrected chi connectivity index (χ2v) is 4.38. The number of carbonyl (C=O) groups excluding carboxylic acids is 1. The van der Waals surface area contributed by atoms with Gasteiger partial charge in [-0.3, -0.25) is 4.79 Å². The smallest absolute Gasteiger partial charge is 0.274 e. The third kappa shape index (κ3) is 3.66. The molecule has 21 heavy (non-hydrogen) atoms. The minimum absolute atomic E-state index is 0.0533. The Bertz CT molecular complexity index is 666. The third-order valence-corrected chi connectivity index (χ3v) is 2.95. The molecule has 1 amide bonds. The number of aromatic hydroxyl groups is 1. The highest BCUT2D eigenvalue weighted by molar-refractivity contribution is 6.02. The number of rotatable bonds is 4. The summed E-state index contributed by atoms with van der Waals surface area (Å²) in [6, 6.07) is 12.2. The number of hydrogen-bond donors (Lipinski definition) is 2. The first-order valence-electron chi connectivity index (χ1n) is 6.52. The summed E-state index contributed by atoms with van der Waals surface area (Å²) in [6.45, 7) is 1.89. The Morgan fingerprint density at radius 2 is 1.86 bits per heavy atom. The SMILES string of the molecule is CC/C(=N\NC(=O)c1ccccc1F)c1ccc(O)cc1. The van der Waals surface area contributed by atoms with E-state index in [9.17, 15) is 14.3 Å². The van der Waals surface area contributed by atoms with Gasteiger partial charge in [-0.1, -0.05) is 19.1 Å². The van der Waals surface area contributed by atoms with Crippen molar-refractivity contribution in [1.29, 1.82) is 0 Å². The van der Waals surface area contributed by atoms with Gasteiger partial charge in [-0.25, -0.2) is 9.82 Å². The monoisotopic (exact) mass is 286 g/mol. The molecule has 2 N–H and O–H groups in total. The quantitative estimate of drug-likeness (QED) is 0.670. The fourth-order valence-electron chi connectivity index (χ4n) is 1.83. The summed E-state index contributed by atoms with van der Waals surface area (Å²) in [5.41, 5.74) is 3.72.